The number of H-pyrrole nitrogens is 1. The van der Waals surface area contributed by atoms with Crippen LogP contribution in [0.5, 0.6) is 5.75 Å². The van der Waals surface area contributed by atoms with Crippen LogP contribution in [0, 0.1) is 0 Å². The van der Waals surface area contributed by atoms with Crippen molar-refractivity contribution in [3.05, 3.63) is 18.2 Å². The van der Waals surface area contributed by atoms with Crippen molar-refractivity contribution in [2.75, 3.05) is 19.4 Å². The Balaban J connectivity index is 1.87. The summed E-state index contributed by atoms with van der Waals surface area (Å²) in [6.07, 6.45) is 2.33. The fraction of sp³-hybridized carbons (Fsp3) is 0.533. The molecule has 0 aliphatic heterocycles. The summed E-state index contributed by atoms with van der Waals surface area (Å²) < 4.78 is 5.22. The Labute approximate surface area is 124 Å². The highest BCUT2D eigenvalue weighted by molar-refractivity contribution is 7.99. The number of thioether (sulfide) groups is 1. The van der Waals surface area contributed by atoms with Crippen molar-refractivity contribution in [1.82, 2.24) is 15.3 Å². The molecule has 0 amide bonds. The molecule has 0 fully saturated rings. The summed E-state index contributed by atoms with van der Waals surface area (Å²) in [5.74, 6) is 1.92. The Kier molecular flexibility index (Phi) is 5.73. The molecule has 1 heterocycles. The number of nitrogens with one attached hydrogen (secondary N) is 2. The first-order valence-electron chi connectivity index (χ1n) is 7.13. The lowest BCUT2D eigenvalue weighted by molar-refractivity contribution is 0.415. The van der Waals surface area contributed by atoms with Crippen molar-refractivity contribution in [1.29, 1.82) is 0 Å². The van der Waals surface area contributed by atoms with E-state index in [0.717, 1.165) is 40.7 Å². The highest BCUT2D eigenvalue weighted by Crippen LogP contribution is 2.23. The van der Waals surface area contributed by atoms with Gasteiger partial charge in [0.05, 0.1) is 18.1 Å². The van der Waals surface area contributed by atoms with Gasteiger partial charge in [0.15, 0.2) is 5.16 Å². The van der Waals surface area contributed by atoms with Crippen LogP contribution in [-0.4, -0.2) is 35.4 Å². The van der Waals surface area contributed by atoms with E-state index in [4.69, 9.17) is 4.74 Å². The lowest BCUT2D eigenvalue weighted by Crippen LogP contribution is -2.27. The Morgan fingerprint density at radius 2 is 2.30 bits per heavy atom. The minimum atomic E-state index is 0.562. The molecule has 4 nitrogen and oxygen atoms in total. The number of ether oxygens (including phenoxy) is 1. The molecular weight excluding hydrogens is 270 g/mol. The zero-order valence-corrected chi connectivity index (χ0v) is 13.2. The quantitative estimate of drug-likeness (QED) is 0.732. The molecular formula is C15H23N3OS. The van der Waals surface area contributed by atoms with Gasteiger partial charge >= 0.3 is 0 Å². The number of hydrogen-bond acceptors (Lipinski definition) is 4. The van der Waals surface area contributed by atoms with Gasteiger partial charge in [0.1, 0.15) is 5.75 Å². The molecule has 1 unspecified atom stereocenters. The van der Waals surface area contributed by atoms with Crippen LogP contribution in [0.3, 0.4) is 0 Å². The van der Waals surface area contributed by atoms with Crippen molar-refractivity contribution in [3.63, 3.8) is 0 Å². The van der Waals surface area contributed by atoms with Gasteiger partial charge in [0.2, 0.25) is 0 Å². The van der Waals surface area contributed by atoms with Crippen molar-refractivity contribution in [2.45, 2.75) is 37.9 Å². The molecule has 2 N–H and O–H groups in total. The van der Waals surface area contributed by atoms with Crippen LogP contribution < -0.4 is 10.1 Å². The fourth-order valence-corrected chi connectivity index (χ4v) is 3.00. The summed E-state index contributed by atoms with van der Waals surface area (Å²) in [4.78, 5) is 7.92. The van der Waals surface area contributed by atoms with Crippen LogP contribution in [0.15, 0.2) is 23.4 Å². The number of benzene rings is 1. The number of aromatic amines is 1. The first-order valence-corrected chi connectivity index (χ1v) is 8.11. The Hall–Kier alpha value is -1.20. The van der Waals surface area contributed by atoms with Crippen LogP contribution in [0.2, 0.25) is 0 Å². The normalized spacial score (nSPS) is 12.8. The second-order valence-corrected chi connectivity index (χ2v) is 6.00. The molecule has 2 rings (SSSR count). The summed E-state index contributed by atoms with van der Waals surface area (Å²) in [6, 6.07) is 6.47. The Morgan fingerprint density at radius 1 is 1.45 bits per heavy atom. The van der Waals surface area contributed by atoms with Crippen molar-refractivity contribution in [2.24, 2.45) is 0 Å². The predicted molar refractivity (Wildman–Crippen MR) is 85.7 cm³/mol. The second-order valence-electron chi connectivity index (χ2n) is 4.92. The smallest absolute Gasteiger partial charge is 0.166 e. The van der Waals surface area contributed by atoms with Crippen LogP contribution in [0.25, 0.3) is 11.0 Å². The van der Waals surface area contributed by atoms with Crippen LogP contribution in [0.1, 0.15) is 26.7 Å². The second kappa shape index (κ2) is 7.55. The van der Waals surface area contributed by atoms with Gasteiger partial charge in [-0.05, 0) is 38.4 Å². The molecule has 5 heteroatoms. The fourth-order valence-electron chi connectivity index (χ4n) is 1.99. The average Bonchev–Trinajstić information content (AvgIpc) is 2.86. The maximum absolute atomic E-state index is 5.22. The van der Waals surface area contributed by atoms with Crippen molar-refractivity contribution >= 4 is 22.8 Å². The van der Waals surface area contributed by atoms with E-state index in [-0.39, 0.29) is 0 Å². The molecule has 0 bridgehead atoms. The number of imidazole rings is 1. The van der Waals surface area contributed by atoms with E-state index in [1.165, 1.54) is 6.42 Å². The molecule has 1 aromatic heterocycles. The lowest BCUT2D eigenvalue weighted by atomic mass is 10.2. The summed E-state index contributed by atoms with van der Waals surface area (Å²) in [5, 5.41) is 4.48. The number of rotatable bonds is 8. The first-order chi connectivity index (χ1) is 9.72. The lowest BCUT2D eigenvalue weighted by Gasteiger charge is -2.11. The molecule has 0 saturated carbocycles. The minimum absolute atomic E-state index is 0.562. The molecule has 0 saturated heterocycles. The molecule has 1 atom stereocenters. The molecule has 0 spiro atoms. The summed E-state index contributed by atoms with van der Waals surface area (Å²) in [5.41, 5.74) is 2.02. The van der Waals surface area contributed by atoms with Crippen LogP contribution in [-0.2, 0) is 0 Å². The Bertz CT molecular complexity index is 541. The molecule has 0 aliphatic rings. The number of fused-ring (bicyclic) bond motifs is 1. The van der Waals surface area contributed by atoms with Crippen LogP contribution >= 0.6 is 11.8 Å². The van der Waals surface area contributed by atoms with Crippen molar-refractivity contribution in [3.8, 4) is 5.75 Å². The Morgan fingerprint density at radius 3 is 3.05 bits per heavy atom. The SMILES string of the molecule is CCCNC(C)CCSc1nc2ccc(OC)cc2[nH]1. The molecule has 20 heavy (non-hydrogen) atoms. The summed E-state index contributed by atoms with van der Waals surface area (Å²) in [7, 11) is 1.68. The van der Waals surface area contributed by atoms with Gasteiger partial charge in [-0.1, -0.05) is 18.7 Å². The third-order valence-electron chi connectivity index (χ3n) is 3.20. The highest BCUT2D eigenvalue weighted by atomic mass is 32.2. The van der Waals surface area contributed by atoms with Gasteiger partial charge in [-0.15, -0.1) is 0 Å². The van der Waals surface area contributed by atoms with Crippen LogP contribution in [0.4, 0.5) is 0 Å². The van der Waals surface area contributed by atoms with E-state index in [9.17, 15) is 0 Å². The van der Waals surface area contributed by atoms with Gasteiger partial charge in [-0.25, -0.2) is 4.98 Å². The molecule has 0 radical (unpaired) electrons. The van der Waals surface area contributed by atoms with E-state index in [1.807, 2.05) is 18.2 Å². The molecule has 110 valence electrons. The monoisotopic (exact) mass is 293 g/mol. The maximum atomic E-state index is 5.22. The van der Waals surface area contributed by atoms with Crippen molar-refractivity contribution < 1.29 is 4.74 Å². The van der Waals surface area contributed by atoms with E-state index in [1.54, 1.807) is 18.9 Å². The number of hydrogen-bond donors (Lipinski definition) is 2. The largest absolute Gasteiger partial charge is 0.497 e. The number of methoxy groups -OCH3 is 1. The predicted octanol–water partition coefficient (Wildman–Crippen LogP) is 3.44. The average molecular weight is 293 g/mol. The number of aromatic nitrogens is 2. The summed E-state index contributed by atoms with van der Waals surface area (Å²) in [6.45, 7) is 5.52. The zero-order valence-electron chi connectivity index (χ0n) is 12.4. The van der Waals surface area contributed by atoms with Gasteiger partial charge in [0, 0.05) is 17.9 Å². The standard InChI is InChI=1S/C15H23N3OS/c1-4-8-16-11(2)7-9-20-15-17-13-6-5-12(19-3)10-14(13)18-15/h5-6,10-11,16H,4,7-9H2,1-3H3,(H,17,18). The van der Waals surface area contributed by atoms with E-state index >= 15 is 0 Å². The number of nitrogens with zero attached hydrogens (tertiary/aromatic N) is 1. The van der Waals surface area contributed by atoms with E-state index in [2.05, 4.69) is 29.1 Å². The molecule has 0 aliphatic carbocycles. The third kappa shape index (κ3) is 4.15. The third-order valence-corrected chi connectivity index (χ3v) is 4.11. The first kappa shape index (κ1) is 15.2. The van der Waals surface area contributed by atoms with Gasteiger partial charge in [-0.3, -0.25) is 0 Å². The molecule has 1 aromatic carbocycles. The topological polar surface area (TPSA) is 49.9 Å². The van der Waals surface area contributed by atoms with Gasteiger partial charge in [0.25, 0.3) is 0 Å². The zero-order chi connectivity index (χ0) is 14.4. The van der Waals surface area contributed by atoms with E-state index < -0.39 is 0 Å². The van der Waals surface area contributed by atoms with E-state index in [0.29, 0.717) is 6.04 Å². The highest BCUT2D eigenvalue weighted by Gasteiger charge is 2.06. The summed E-state index contributed by atoms with van der Waals surface area (Å²) >= 11 is 1.77. The van der Waals surface area contributed by atoms with Gasteiger partial charge in [-0.2, -0.15) is 0 Å². The van der Waals surface area contributed by atoms with Gasteiger partial charge < -0.3 is 15.0 Å². The molecule has 2 aromatic rings. The maximum Gasteiger partial charge on any atom is 0.166 e. The minimum Gasteiger partial charge on any atom is -0.497 e.